The van der Waals surface area contributed by atoms with E-state index in [1.165, 1.54) is 30.2 Å². The van der Waals surface area contributed by atoms with Crippen molar-refractivity contribution in [1.82, 2.24) is 15.2 Å². The molecule has 0 saturated carbocycles. The summed E-state index contributed by atoms with van der Waals surface area (Å²) in [6.45, 7) is 4.85. The Kier molecular flexibility index (Phi) is 6.30. The topological polar surface area (TPSA) is 82.6 Å². The Balaban J connectivity index is 1.38. The van der Waals surface area contributed by atoms with Crippen LogP contribution in [0.5, 0.6) is 0 Å². The third-order valence-electron chi connectivity index (χ3n) is 5.91. The standard InChI is InChI=1S/C24H28N4O3/c1-2-3-13-28-23(30)19-9-8-18(14-20(19)24(28)31)22(29)26-16-17-7-10-21(25-15-17)27-11-5-4-6-12-27/h7-10,14-15H,2-6,11-13,16H2,1H3,(H,26,29). The summed E-state index contributed by atoms with van der Waals surface area (Å²) in [4.78, 5) is 45.8. The Bertz CT molecular complexity index is 981. The van der Waals surface area contributed by atoms with Crippen LogP contribution in [0.15, 0.2) is 36.5 Å². The Labute approximate surface area is 182 Å². The van der Waals surface area contributed by atoms with E-state index in [4.69, 9.17) is 0 Å². The van der Waals surface area contributed by atoms with Gasteiger partial charge < -0.3 is 10.2 Å². The smallest absolute Gasteiger partial charge is 0.261 e. The lowest BCUT2D eigenvalue weighted by molar-refractivity contribution is 0.0652. The minimum atomic E-state index is -0.319. The molecular weight excluding hydrogens is 392 g/mol. The van der Waals surface area contributed by atoms with Gasteiger partial charge in [0.1, 0.15) is 5.82 Å². The van der Waals surface area contributed by atoms with Crippen molar-refractivity contribution in [2.45, 2.75) is 45.6 Å². The zero-order valence-electron chi connectivity index (χ0n) is 17.9. The van der Waals surface area contributed by atoms with Crippen LogP contribution in [-0.2, 0) is 6.54 Å². The molecule has 4 rings (SSSR count). The van der Waals surface area contributed by atoms with Crippen molar-refractivity contribution in [2.75, 3.05) is 24.5 Å². The number of imide groups is 1. The quantitative estimate of drug-likeness (QED) is 0.694. The van der Waals surface area contributed by atoms with E-state index >= 15 is 0 Å². The van der Waals surface area contributed by atoms with Crippen LogP contribution in [0.25, 0.3) is 0 Å². The van der Waals surface area contributed by atoms with E-state index in [1.807, 2.05) is 19.1 Å². The van der Waals surface area contributed by atoms with Gasteiger partial charge in [-0.2, -0.15) is 0 Å². The Morgan fingerprint density at radius 2 is 1.81 bits per heavy atom. The van der Waals surface area contributed by atoms with E-state index in [-0.39, 0.29) is 17.7 Å². The first-order valence-electron chi connectivity index (χ1n) is 11.1. The third-order valence-corrected chi connectivity index (χ3v) is 5.91. The summed E-state index contributed by atoms with van der Waals surface area (Å²) in [6.07, 6.45) is 7.13. The van der Waals surface area contributed by atoms with E-state index in [0.29, 0.717) is 29.8 Å². The highest BCUT2D eigenvalue weighted by Gasteiger charge is 2.35. The van der Waals surface area contributed by atoms with Crippen LogP contribution >= 0.6 is 0 Å². The molecule has 3 amide bonds. The molecule has 1 aromatic heterocycles. The normalized spacial score (nSPS) is 15.9. The van der Waals surface area contributed by atoms with Gasteiger partial charge in [-0.25, -0.2) is 4.98 Å². The van der Waals surface area contributed by atoms with Crippen LogP contribution < -0.4 is 10.2 Å². The van der Waals surface area contributed by atoms with Crippen molar-refractivity contribution in [2.24, 2.45) is 0 Å². The minimum absolute atomic E-state index is 0.278. The van der Waals surface area contributed by atoms with Crippen LogP contribution in [0.1, 0.15) is 75.7 Å². The zero-order valence-corrected chi connectivity index (χ0v) is 17.9. The van der Waals surface area contributed by atoms with Crippen molar-refractivity contribution in [3.8, 4) is 0 Å². The summed E-state index contributed by atoms with van der Waals surface area (Å²) in [5, 5.41) is 2.87. The average Bonchev–Trinajstić information content (AvgIpc) is 3.06. The van der Waals surface area contributed by atoms with Crippen LogP contribution in [0.3, 0.4) is 0 Å². The van der Waals surface area contributed by atoms with Crippen molar-refractivity contribution in [3.63, 3.8) is 0 Å². The molecule has 0 bridgehead atoms. The van der Waals surface area contributed by atoms with Crippen molar-refractivity contribution in [3.05, 3.63) is 58.8 Å². The highest BCUT2D eigenvalue weighted by atomic mass is 16.2. The molecule has 0 spiro atoms. The fourth-order valence-electron chi connectivity index (χ4n) is 4.07. The first-order chi connectivity index (χ1) is 15.1. The molecule has 1 saturated heterocycles. The zero-order chi connectivity index (χ0) is 21.8. The Morgan fingerprint density at radius 1 is 1.03 bits per heavy atom. The number of nitrogens with zero attached hydrogens (tertiary/aromatic N) is 3. The average molecular weight is 421 g/mol. The highest BCUT2D eigenvalue weighted by Crippen LogP contribution is 2.24. The van der Waals surface area contributed by atoms with Gasteiger partial charge in [-0.05, 0) is 55.5 Å². The van der Waals surface area contributed by atoms with Crippen molar-refractivity contribution in [1.29, 1.82) is 0 Å². The van der Waals surface area contributed by atoms with Gasteiger partial charge in [0, 0.05) is 37.9 Å². The number of carbonyl (C=O) groups is 3. The van der Waals surface area contributed by atoms with Crippen molar-refractivity contribution >= 4 is 23.5 Å². The lowest BCUT2D eigenvalue weighted by Gasteiger charge is -2.27. The fraction of sp³-hybridized carbons (Fsp3) is 0.417. The summed E-state index contributed by atoms with van der Waals surface area (Å²) < 4.78 is 0. The number of aromatic nitrogens is 1. The monoisotopic (exact) mass is 420 g/mol. The number of unbranched alkanes of at least 4 members (excludes halogenated alkanes) is 1. The van der Waals surface area contributed by atoms with Crippen LogP contribution in [0, 0.1) is 0 Å². The SMILES string of the molecule is CCCCN1C(=O)c2ccc(C(=O)NCc3ccc(N4CCCCC4)nc3)cc2C1=O. The lowest BCUT2D eigenvalue weighted by atomic mass is 10.1. The lowest BCUT2D eigenvalue weighted by Crippen LogP contribution is -2.30. The second kappa shape index (κ2) is 9.29. The van der Waals surface area contributed by atoms with Gasteiger partial charge in [0.25, 0.3) is 17.7 Å². The molecule has 1 fully saturated rings. The number of benzene rings is 1. The summed E-state index contributed by atoms with van der Waals surface area (Å²) >= 11 is 0. The molecule has 31 heavy (non-hydrogen) atoms. The minimum Gasteiger partial charge on any atom is -0.357 e. The molecule has 0 aliphatic carbocycles. The summed E-state index contributed by atoms with van der Waals surface area (Å²) in [5.41, 5.74) is 1.96. The van der Waals surface area contributed by atoms with E-state index in [1.54, 1.807) is 18.3 Å². The predicted octanol–water partition coefficient (Wildman–Crippen LogP) is 3.40. The van der Waals surface area contributed by atoms with Crippen molar-refractivity contribution < 1.29 is 14.4 Å². The second-order valence-corrected chi connectivity index (χ2v) is 8.13. The third kappa shape index (κ3) is 4.45. The molecule has 1 N–H and O–H groups in total. The Hall–Kier alpha value is -3.22. The van der Waals surface area contributed by atoms with Crippen LogP contribution in [0.2, 0.25) is 0 Å². The molecule has 2 aliphatic heterocycles. The molecule has 7 nitrogen and oxygen atoms in total. The molecule has 0 radical (unpaired) electrons. The molecule has 1 aromatic carbocycles. The maximum Gasteiger partial charge on any atom is 0.261 e. The van der Waals surface area contributed by atoms with Gasteiger partial charge in [0.2, 0.25) is 0 Å². The first-order valence-corrected chi connectivity index (χ1v) is 11.1. The van der Waals surface area contributed by atoms with Gasteiger partial charge in [-0.15, -0.1) is 0 Å². The van der Waals surface area contributed by atoms with Gasteiger partial charge in [-0.3, -0.25) is 19.3 Å². The molecule has 162 valence electrons. The number of piperidine rings is 1. The molecule has 2 aliphatic rings. The summed E-state index contributed by atoms with van der Waals surface area (Å²) in [5.74, 6) is 0.0975. The highest BCUT2D eigenvalue weighted by molar-refractivity contribution is 6.22. The van der Waals surface area contributed by atoms with Gasteiger partial charge in [0.15, 0.2) is 0 Å². The number of carbonyl (C=O) groups excluding carboxylic acids is 3. The summed E-state index contributed by atoms with van der Waals surface area (Å²) in [6, 6.07) is 8.67. The number of rotatable bonds is 7. The number of hydrogen-bond acceptors (Lipinski definition) is 5. The van der Waals surface area contributed by atoms with E-state index in [9.17, 15) is 14.4 Å². The van der Waals surface area contributed by atoms with Crippen LogP contribution in [-0.4, -0.2) is 47.2 Å². The molecule has 0 atom stereocenters. The number of hydrogen-bond donors (Lipinski definition) is 1. The van der Waals surface area contributed by atoms with Gasteiger partial charge >= 0.3 is 0 Å². The molecule has 0 unspecified atom stereocenters. The number of anilines is 1. The molecule has 3 heterocycles. The number of fused-ring (bicyclic) bond motifs is 1. The molecule has 7 heteroatoms. The van der Waals surface area contributed by atoms with Crippen LogP contribution in [0.4, 0.5) is 5.82 Å². The number of pyridine rings is 1. The fourth-order valence-corrected chi connectivity index (χ4v) is 4.07. The second-order valence-electron chi connectivity index (χ2n) is 8.13. The first kappa shape index (κ1) is 21.0. The van der Waals surface area contributed by atoms with E-state index in [0.717, 1.165) is 37.3 Å². The number of amides is 3. The maximum absolute atomic E-state index is 12.6. The number of nitrogens with one attached hydrogen (secondary N) is 1. The molecular formula is C24H28N4O3. The predicted molar refractivity (Wildman–Crippen MR) is 118 cm³/mol. The van der Waals surface area contributed by atoms with Gasteiger partial charge in [0.05, 0.1) is 11.1 Å². The van der Waals surface area contributed by atoms with E-state index in [2.05, 4.69) is 15.2 Å². The molecule has 2 aromatic rings. The largest absolute Gasteiger partial charge is 0.357 e. The maximum atomic E-state index is 12.6. The van der Waals surface area contributed by atoms with E-state index < -0.39 is 0 Å². The summed E-state index contributed by atoms with van der Waals surface area (Å²) in [7, 11) is 0. The Morgan fingerprint density at radius 3 is 2.52 bits per heavy atom. The van der Waals surface area contributed by atoms with Gasteiger partial charge in [-0.1, -0.05) is 19.4 Å².